The molecule has 0 saturated carbocycles. The van der Waals surface area contributed by atoms with E-state index < -0.39 is 24.0 Å². The average Bonchev–Trinajstić information content (AvgIpc) is 2.21. The third kappa shape index (κ3) is 9.29. The highest BCUT2D eigenvalue weighted by Crippen LogP contribution is 2.02. The molecule has 0 aromatic heterocycles. The molecule has 8 nitrogen and oxygen atoms in total. The van der Waals surface area contributed by atoms with Crippen LogP contribution in [-0.4, -0.2) is 72.3 Å². The van der Waals surface area contributed by atoms with Crippen LogP contribution < -0.4 is 11.1 Å². The SMILES string of the molecule is C[N+](C)(C)C[C@@H](CC(=O)O)NC(=O)CC[C@@H](N)C(=O)O. The molecule has 0 saturated heterocycles. The molecule has 0 fully saturated rings. The van der Waals surface area contributed by atoms with Gasteiger partial charge in [-0.3, -0.25) is 14.4 Å². The van der Waals surface area contributed by atoms with Crippen LogP contribution in [0.5, 0.6) is 0 Å². The van der Waals surface area contributed by atoms with Crippen LogP contribution in [0.1, 0.15) is 19.3 Å². The number of quaternary nitrogens is 1. The van der Waals surface area contributed by atoms with Crippen LogP contribution in [0.2, 0.25) is 0 Å². The Balaban J connectivity index is 4.38. The number of carboxylic acids is 2. The number of amides is 1. The molecule has 20 heavy (non-hydrogen) atoms. The lowest BCUT2D eigenvalue weighted by Crippen LogP contribution is -2.49. The van der Waals surface area contributed by atoms with Gasteiger partial charge in [-0.1, -0.05) is 0 Å². The lowest BCUT2D eigenvalue weighted by Gasteiger charge is -2.29. The molecule has 0 bridgehead atoms. The van der Waals surface area contributed by atoms with Gasteiger partial charge in [0, 0.05) is 6.42 Å². The zero-order valence-corrected chi connectivity index (χ0v) is 12.1. The van der Waals surface area contributed by atoms with Crippen LogP contribution >= 0.6 is 0 Å². The number of aliphatic carboxylic acids is 2. The normalized spacial score (nSPS) is 14.4. The third-order valence-corrected chi connectivity index (χ3v) is 2.55. The van der Waals surface area contributed by atoms with Gasteiger partial charge in [-0.15, -0.1) is 0 Å². The van der Waals surface area contributed by atoms with Gasteiger partial charge >= 0.3 is 11.9 Å². The van der Waals surface area contributed by atoms with Crippen molar-refractivity contribution in [3.8, 4) is 0 Å². The number of nitrogens with one attached hydrogen (secondary N) is 1. The molecule has 0 rings (SSSR count). The van der Waals surface area contributed by atoms with Crippen molar-refractivity contribution in [2.45, 2.75) is 31.3 Å². The van der Waals surface area contributed by atoms with Gasteiger partial charge in [0.2, 0.25) is 5.91 Å². The second-order valence-electron chi connectivity index (χ2n) is 5.82. The number of carbonyl (C=O) groups is 3. The minimum absolute atomic E-state index is 0.0192. The van der Waals surface area contributed by atoms with Crippen LogP contribution in [0.15, 0.2) is 0 Å². The molecule has 0 aromatic carbocycles. The van der Waals surface area contributed by atoms with Crippen LogP contribution in [-0.2, 0) is 14.4 Å². The number of hydrogen-bond donors (Lipinski definition) is 4. The first-order valence-electron chi connectivity index (χ1n) is 6.31. The van der Waals surface area contributed by atoms with Crippen molar-refractivity contribution in [1.29, 1.82) is 0 Å². The van der Waals surface area contributed by atoms with E-state index in [1.54, 1.807) is 0 Å². The summed E-state index contributed by atoms with van der Waals surface area (Å²) < 4.78 is 0.507. The zero-order valence-electron chi connectivity index (χ0n) is 12.1. The Hall–Kier alpha value is -1.67. The molecule has 8 heteroatoms. The van der Waals surface area contributed by atoms with Crippen molar-refractivity contribution in [3.05, 3.63) is 0 Å². The Morgan fingerprint density at radius 2 is 1.75 bits per heavy atom. The van der Waals surface area contributed by atoms with Crippen molar-refractivity contribution < 1.29 is 29.1 Å². The highest BCUT2D eigenvalue weighted by molar-refractivity contribution is 5.79. The first-order valence-corrected chi connectivity index (χ1v) is 6.31. The summed E-state index contributed by atoms with van der Waals surface area (Å²) in [7, 11) is 5.67. The van der Waals surface area contributed by atoms with Gasteiger partial charge in [0.25, 0.3) is 0 Å². The number of rotatable bonds is 9. The topological polar surface area (TPSA) is 130 Å². The van der Waals surface area contributed by atoms with Crippen LogP contribution in [0, 0.1) is 0 Å². The predicted octanol–water partition coefficient (Wildman–Crippen LogP) is -1.16. The van der Waals surface area contributed by atoms with Gasteiger partial charge in [0.05, 0.1) is 40.2 Å². The number of hydrogen-bond acceptors (Lipinski definition) is 4. The number of carboxylic acid groups (broad SMARTS) is 2. The van der Waals surface area contributed by atoms with Crippen LogP contribution in [0.3, 0.4) is 0 Å². The first-order chi connectivity index (χ1) is 9.01. The van der Waals surface area contributed by atoms with E-state index in [0.717, 1.165) is 0 Å². The average molecular weight is 290 g/mol. The standard InChI is InChI=1S/C12H23N3O5/c1-15(2,3)7-8(6-11(17)18)14-10(16)5-4-9(13)12(19)20/h8-9H,4-7,13H2,1-3H3,(H2-,14,16,17,18,19,20)/p+1/t8-,9-/m1/s1. The summed E-state index contributed by atoms with van der Waals surface area (Å²) in [6.45, 7) is 0.461. The van der Waals surface area contributed by atoms with E-state index in [2.05, 4.69) is 5.32 Å². The van der Waals surface area contributed by atoms with E-state index >= 15 is 0 Å². The minimum Gasteiger partial charge on any atom is -0.481 e. The number of nitrogens with two attached hydrogens (primary N) is 1. The van der Waals surface area contributed by atoms with Gasteiger partial charge in [-0.2, -0.15) is 0 Å². The zero-order chi connectivity index (χ0) is 15.9. The number of carbonyl (C=O) groups excluding carboxylic acids is 1. The smallest absolute Gasteiger partial charge is 0.320 e. The summed E-state index contributed by atoms with van der Waals surface area (Å²) in [5.74, 6) is -2.54. The molecule has 116 valence electrons. The molecule has 0 spiro atoms. The first kappa shape index (κ1) is 18.3. The Morgan fingerprint density at radius 3 is 2.15 bits per heavy atom. The maximum atomic E-state index is 11.7. The van der Waals surface area contributed by atoms with Crippen molar-refractivity contribution in [1.82, 2.24) is 5.32 Å². The Bertz CT molecular complexity index is 365. The molecule has 0 aliphatic rings. The molecule has 0 aliphatic carbocycles. The van der Waals surface area contributed by atoms with Crippen molar-refractivity contribution in [2.75, 3.05) is 27.7 Å². The van der Waals surface area contributed by atoms with Gasteiger partial charge in [-0.05, 0) is 6.42 Å². The Morgan fingerprint density at radius 1 is 1.20 bits per heavy atom. The lowest BCUT2D eigenvalue weighted by molar-refractivity contribution is -0.871. The van der Waals surface area contributed by atoms with Crippen molar-refractivity contribution in [3.63, 3.8) is 0 Å². The molecule has 0 unspecified atom stereocenters. The van der Waals surface area contributed by atoms with Gasteiger partial charge in [0.1, 0.15) is 6.04 Å². The highest BCUT2D eigenvalue weighted by atomic mass is 16.4. The highest BCUT2D eigenvalue weighted by Gasteiger charge is 2.23. The summed E-state index contributed by atoms with van der Waals surface area (Å²) >= 11 is 0. The third-order valence-electron chi connectivity index (χ3n) is 2.55. The summed E-state index contributed by atoms with van der Waals surface area (Å²) in [4.78, 5) is 33.0. The predicted molar refractivity (Wildman–Crippen MR) is 71.9 cm³/mol. The fraction of sp³-hybridized carbons (Fsp3) is 0.750. The molecular weight excluding hydrogens is 266 g/mol. The maximum absolute atomic E-state index is 11.7. The molecule has 1 amide bonds. The van der Waals surface area contributed by atoms with Gasteiger partial charge < -0.3 is 25.7 Å². The lowest BCUT2D eigenvalue weighted by atomic mass is 10.1. The molecule has 0 aromatic rings. The van der Waals surface area contributed by atoms with E-state index in [-0.39, 0.29) is 25.2 Å². The van der Waals surface area contributed by atoms with E-state index in [1.807, 2.05) is 21.1 Å². The monoisotopic (exact) mass is 290 g/mol. The summed E-state index contributed by atoms with van der Waals surface area (Å²) in [6, 6.07) is -1.59. The van der Waals surface area contributed by atoms with Crippen molar-refractivity contribution >= 4 is 17.8 Å². The quantitative estimate of drug-likeness (QED) is 0.396. The Kier molecular flexibility index (Phi) is 7.16. The fourth-order valence-corrected chi connectivity index (χ4v) is 1.74. The van der Waals surface area contributed by atoms with Gasteiger partial charge in [-0.25, -0.2) is 0 Å². The Labute approximate surface area is 118 Å². The van der Waals surface area contributed by atoms with E-state index in [1.165, 1.54) is 0 Å². The van der Waals surface area contributed by atoms with E-state index in [4.69, 9.17) is 15.9 Å². The van der Waals surface area contributed by atoms with Crippen molar-refractivity contribution in [2.24, 2.45) is 5.73 Å². The number of nitrogens with zero attached hydrogens (tertiary/aromatic N) is 1. The maximum Gasteiger partial charge on any atom is 0.320 e. The fourth-order valence-electron chi connectivity index (χ4n) is 1.74. The second kappa shape index (κ2) is 7.81. The largest absolute Gasteiger partial charge is 0.481 e. The summed E-state index contributed by atoms with van der Waals surface area (Å²) in [6.07, 6.45) is -0.196. The van der Waals surface area contributed by atoms with Crippen LogP contribution in [0.4, 0.5) is 0 Å². The molecule has 0 radical (unpaired) electrons. The summed E-state index contributed by atoms with van der Waals surface area (Å²) in [5, 5.41) is 20.1. The number of likely N-dealkylation sites (N-methyl/N-ethyl adjacent to an activating group) is 1. The molecule has 0 heterocycles. The van der Waals surface area contributed by atoms with E-state index in [0.29, 0.717) is 11.0 Å². The van der Waals surface area contributed by atoms with Crippen LogP contribution in [0.25, 0.3) is 0 Å². The van der Waals surface area contributed by atoms with E-state index in [9.17, 15) is 14.4 Å². The molecule has 0 aliphatic heterocycles. The molecule has 2 atom stereocenters. The molecular formula is C12H24N3O5+. The van der Waals surface area contributed by atoms with Gasteiger partial charge in [0.15, 0.2) is 0 Å². The summed E-state index contributed by atoms with van der Waals surface area (Å²) in [5.41, 5.74) is 5.30. The molecule has 5 N–H and O–H groups in total. The second-order valence-corrected chi connectivity index (χ2v) is 5.82. The minimum atomic E-state index is -1.16.